The lowest BCUT2D eigenvalue weighted by Gasteiger charge is -2.00. The van der Waals surface area contributed by atoms with E-state index in [1.165, 1.54) is 17.8 Å². The number of aryl methyl sites for hydroxylation is 1. The Morgan fingerprint density at radius 2 is 1.96 bits per heavy atom. The van der Waals surface area contributed by atoms with E-state index in [4.69, 9.17) is 11.6 Å². The zero-order valence-corrected chi connectivity index (χ0v) is 13.8. The van der Waals surface area contributed by atoms with Gasteiger partial charge in [0.25, 0.3) is 5.91 Å². The molecule has 116 valence electrons. The predicted molar refractivity (Wildman–Crippen MR) is 95.1 cm³/mol. The van der Waals surface area contributed by atoms with Crippen LogP contribution in [-0.2, 0) is 4.79 Å². The number of amidine groups is 1. The summed E-state index contributed by atoms with van der Waals surface area (Å²) in [6, 6.07) is 12.4. The third-order valence-corrected chi connectivity index (χ3v) is 4.34. The minimum absolute atomic E-state index is 0.0687. The third-order valence-electron chi connectivity index (χ3n) is 3.19. The van der Waals surface area contributed by atoms with Gasteiger partial charge in [-0.25, -0.2) is 4.99 Å². The molecular formula is C17H13ClN2O2S. The summed E-state index contributed by atoms with van der Waals surface area (Å²) in [4.78, 5) is 16.9. The van der Waals surface area contributed by atoms with E-state index in [2.05, 4.69) is 10.3 Å². The van der Waals surface area contributed by atoms with Crippen molar-refractivity contribution in [2.24, 2.45) is 4.99 Å². The number of aliphatic imine (C=N–C) groups is 1. The number of aromatic hydroxyl groups is 1. The fraction of sp³-hybridized carbons (Fsp3) is 0.0588. The third kappa shape index (κ3) is 3.75. The molecule has 2 aromatic carbocycles. The fourth-order valence-electron chi connectivity index (χ4n) is 2.00. The molecule has 1 saturated heterocycles. The Morgan fingerprint density at radius 3 is 2.70 bits per heavy atom. The summed E-state index contributed by atoms with van der Waals surface area (Å²) >= 11 is 7.14. The lowest BCUT2D eigenvalue weighted by atomic mass is 10.2. The van der Waals surface area contributed by atoms with Crippen LogP contribution in [0.1, 0.15) is 11.1 Å². The average molecular weight is 345 g/mol. The summed E-state index contributed by atoms with van der Waals surface area (Å²) in [6.07, 6.45) is 1.60. The van der Waals surface area contributed by atoms with E-state index in [1.54, 1.807) is 18.2 Å². The van der Waals surface area contributed by atoms with Crippen molar-refractivity contribution in [2.75, 3.05) is 0 Å². The van der Waals surface area contributed by atoms with Crippen molar-refractivity contribution in [3.05, 3.63) is 63.5 Å². The molecule has 0 spiro atoms. The normalized spacial score (nSPS) is 17.7. The number of nitrogens with zero attached hydrogens (tertiary/aromatic N) is 1. The first-order valence-corrected chi connectivity index (χ1v) is 8.05. The summed E-state index contributed by atoms with van der Waals surface area (Å²) in [7, 11) is 0. The number of nitrogens with one attached hydrogen (secondary N) is 1. The monoisotopic (exact) mass is 344 g/mol. The van der Waals surface area contributed by atoms with Crippen LogP contribution >= 0.6 is 23.4 Å². The molecule has 1 amide bonds. The molecule has 0 aromatic heterocycles. The van der Waals surface area contributed by atoms with Crippen LogP contribution in [-0.4, -0.2) is 16.2 Å². The number of phenolic OH excluding ortho intramolecular Hbond substituents is 1. The van der Waals surface area contributed by atoms with E-state index >= 15 is 0 Å². The molecule has 6 heteroatoms. The molecule has 1 fully saturated rings. The Morgan fingerprint density at radius 1 is 1.22 bits per heavy atom. The summed E-state index contributed by atoms with van der Waals surface area (Å²) < 4.78 is 0. The smallest absolute Gasteiger partial charge is 0.264 e. The van der Waals surface area contributed by atoms with Crippen molar-refractivity contribution >= 4 is 46.2 Å². The van der Waals surface area contributed by atoms with Gasteiger partial charge < -0.3 is 10.4 Å². The number of phenols is 1. The summed E-state index contributed by atoms with van der Waals surface area (Å²) in [5.74, 6) is -0.181. The number of rotatable bonds is 2. The van der Waals surface area contributed by atoms with E-state index in [1.807, 2.05) is 31.2 Å². The van der Waals surface area contributed by atoms with Gasteiger partial charge in [0.15, 0.2) is 5.17 Å². The van der Waals surface area contributed by atoms with Crippen LogP contribution in [0.2, 0.25) is 5.02 Å². The molecule has 0 unspecified atom stereocenters. The average Bonchev–Trinajstić information content (AvgIpc) is 2.85. The minimum atomic E-state index is -0.250. The van der Waals surface area contributed by atoms with Gasteiger partial charge in [0.05, 0.1) is 10.6 Å². The number of halogens is 1. The number of hydrogen-bond acceptors (Lipinski definition) is 4. The number of benzene rings is 2. The highest BCUT2D eigenvalue weighted by atomic mass is 35.5. The van der Waals surface area contributed by atoms with Crippen molar-refractivity contribution in [1.82, 2.24) is 5.32 Å². The highest BCUT2D eigenvalue weighted by Crippen LogP contribution is 2.31. The van der Waals surface area contributed by atoms with Gasteiger partial charge in [-0.3, -0.25) is 4.79 Å². The topological polar surface area (TPSA) is 61.7 Å². The second-order valence-corrected chi connectivity index (χ2v) is 6.49. The highest BCUT2D eigenvalue weighted by Gasteiger charge is 2.24. The van der Waals surface area contributed by atoms with Gasteiger partial charge in [-0.15, -0.1) is 0 Å². The van der Waals surface area contributed by atoms with Crippen molar-refractivity contribution in [2.45, 2.75) is 6.92 Å². The fourth-order valence-corrected chi connectivity index (χ4v) is 3.01. The lowest BCUT2D eigenvalue weighted by Crippen LogP contribution is -2.19. The quantitative estimate of drug-likeness (QED) is 0.801. The number of thioether (sulfide) groups is 1. The number of hydrogen-bond donors (Lipinski definition) is 2. The summed E-state index contributed by atoms with van der Waals surface area (Å²) in [5, 5.41) is 13.5. The number of carbonyl (C=O) groups is 1. The molecule has 2 N–H and O–H groups in total. The maximum absolute atomic E-state index is 12.0. The van der Waals surface area contributed by atoms with Crippen LogP contribution in [0, 0.1) is 6.92 Å². The summed E-state index contributed by atoms with van der Waals surface area (Å²) in [5.41, 5.74) is 2.41. The number of amides is 1. The van der Waals surface area contributed by atoms with Gasteiger partial charge >= 0.3 is 0 Å². The first-order chi connectivity index (χ1) is 11.0. The molecule has 3 rings (SSSR count). The van der Waals surface area contributed by atoms with Crippen molar-refractivity contribution in [1.29, 1.82) is 0 Å². The summed E-state index contributed by atoms with van der Waals surface area (Å²) in [6.45, 7) is 2.00. The van der Waals surface area contributed by atoms with Gasteiger partial charge in [0.1, 0.15) is 5.75 Å². The SMILES string of the molecule is Cc1ccc(N=C2NC(=O)/C(=C\c3cc(Cl)ccc3O)S2)cc1. The number of carbonyl (C=O) groups excluding carboxylic acids is 1. The maximum atomic E-state index is 12.0. The van der Waals surface area contributed by atoms with Crippen molar-refractivity contribution in [3.8, 4) is 5.75 Å². The van der Waals surface area contributed by atoms with Crippen LogP contribution in [0.4, 0.5) is 5.69 Å². The van der Waals surface area contributed by atoms with Crippen molar-refractivity contribution in [3.63, 3.8) is 0 Å². The van der Waals surface area contributed by atoms with Gasteiger partial charge in [-0.05, 0) is 55.1 Å². The Labute approximate surface area is 142 Å². The van der Waals surface area contributed by atoms with E-state index in [9.17, 15) is 9.90 Å². The van der Waals surface area contributed by atoms with Crippen LogP contribution in [0.5, 0.6) is 5.75 Å². The molecule has 0 saturated carbocycles. The second kappa shape index (κ2) is 6.48. The Hall–Kier alpha value is -2.24. The van der Waals surface area contributed by atoms with Gasteiger partial charge in [0.2, 0.25) is 0 Å². The zero-order chi connectivity index (χ0) is 16.4. The van der Waals surface area contributed by atoms with E-state index in [0.29, 0.717) is 20.7 Å². The highest BCUT2D eigenvalue weighted by molar-refractivity contribution is 8.18. The molecule has 1 heterocycles. The van der Waals surface area contributed by atoms with Crippen molar-refractivity contribution < 1.29 is 9.90 Å². The molecule has 1 aliphatic heterocycles. The molecule has 0 atom stereocenters. The Balaban J connectivity index is 1.86. The predicted octanol–water partition coefficient (Wildman–Crippen LogP) is 4.25. The largest absolute Gasteiger partial charge is 0.507 e. The van der Waals surface area contributed by atoms with Gasteiger partial charge in [-0.1, -0.05) is 29.3 Å². The van der Waals surface area contributed by atoms with Gasteiger partial charge in [-0.2, -0.15) is 0 Å². The first kappa shape index (κ1) is 15.6. The molecule has 4 nitrogen and oxygen atoms in total. The van der Waals surface area contributed by atoms with E-state index < -0.39 is 0 Å². The van der Waals surface area contributed by atoms with Crippen LogP contribution < -0.4 is 5.32 Å². The minimum Gasteiger partial charge on any atom is -0.507 e. The molecule has 2 aromatic rings. The van der Waals surface area contributed by atoms with E-state index in [0.717, 1.165) is 11.3 Å². The molecule has 0 bridgehead atoms. The Kier molecular flexibility index (Phi) is 4.41. The Bertz CT molecular complexity index is 829. The molecule has 0 radical (unpaired) electrons. The molecule has 1 aliphatic rings. The molecular weight excluding hydrogens is 332 g/mol. The first-order valence-electron chi connectivity index (χ1n) is 6.86. The second-order valence-electron chi connectivity index (χ2n) is 5.02. The lowest BCUT2D eigenvalue weighted by molar-refractivity contribution is -0.115. The standard InChI is InChI=1S/C17H13ClN2O2S/c1-10-2-5-13(6-3-10)19-17-20-16(22)15(23-17)9-11-8-12(18)4-7-14(11)21/h2-9,21H,1H3,(H,19,20,22)/b15-9+. The zero-order valence-electron chi connectivity index (χ0n) is 12.2. The van der Waals surface area contributed by atoms with Gasteiger partial charge in [0, 0.05) is 10.6 Å². The van der Waals surface area contributed by atoms with Crippen LogP contribution in [0.15, 0.2) is 52.4 Å². The molecule has 0 aliphatic carbocycles. The van der Waals surface area contributed by atoms with Crippen LogP contribution in [0.25, 0.3) is 6.08 Å². The van der Waals surface area contributed by atoms with Crippen LogP contribution in [0.3, 0.4) is 0 Å². The van der Waals surface area contributed by atoms with E-state index in [-0.39, 0.29) is 11.7 Å². The maximum Gasteiger partial charge on any atom is 0.264 e. The molecule has 23 heavy (non-hydrogen) atoms.